The van der Waals surface area contributed by atoms with Crippen LogP contribution in [0.25, 0.3) is 17.3 Å². The number of carbonyl (C=O) groups excluding carboxylic acids is 3. The van der Waals surface area contributed by atoms with Crippen LogP contribution in [0.15, 0.2) is 131 Å². The van der Waals surface area contributed by atoms with E-state index in [4.69, 9.17) is 0 Å². The van der Waals surface area contributed by atoms with Crippen molar-refractivity contribution >= 4 is 57.7 Å². The second kappa shape index (κ2) is 14.1. The summed E-state index contributed by atoms with van der Waals surface area (Å²) in [6, 6.07) is 35.0. The van der Waals surface area contributed by atoms with Gasteiger partial charge in [0, 0.05) is 27.1 Å². The van der Waals surface area contributed by atoms with E-state index < -0.39 is 5.91 Å². The van der Waals surface area contributed by atoms with Crippen LogP contribution < -0.4 is 16.0 Å². The number of carbonyl (C=O) groups is 3. The first-order valence-electron chi connectivity index (χ1n) is 13.0. The molecule has 7 nitrogen and oxygen atoms in total. The number of rotatable bonds is 10. The highest BCUT2D eigenvalue weighted by atomic mass is 32.2. The van der Waals surface area contributed by atoms with Crippen molar-refractivity contribution in [1.82, 2.24) is 10.3 Å². The van der Waals surface area contributed by atoms with Gasteiger partial charge in [-0.15, -0.1) is 23.1 Å². The maximum Gasteiger partial charge on any atom is 0.272 e. The van der Waals surface area contributed by atoms with E-state index in [2.05, 4.69) is 20.9 Å². The van der Waals surface area contributed by atoms with Crippen LogP contribution in [0.4, 0.5) is 10.8 Å². The Labute approximate surface area is 251 Å². The van der Waals surface area contributed by atoms with Crippen LogP contribution in [0.5, 0.6) is 0 Å². The molecule has 0 aliphatic rings. The molecule has 0 spiro atoms. The maximum absolute atomic E-state index is 13.2. The van der Waals surface area contributed by atoms with Gasteiger partial charge in [-0.25, -0.2) is 4.98 Å². The smallest absolute Gasteiger partial charge is 0.272 e. The van der Waals surface area contributed by atoms with E-state index in [1.807, 2.05) is 84.2 Å². The number of thiazole rings is 1. The van der Waals surface area contributed by atoms with Crippen molar-refractivity contribution < 1.29 is 14.4 Å². The number of hydrogen-bond acceptors (Lipinski definition) is 6. The second-order valence-corrected chi connectivity index (χ2v) is 10.9. The Bertz CT molecular complexity index is 1690. The molecule has 4 aromatic carbocycles. The highest BCUT2D eigenvalue weighted by Crippen LogP contribution is 2.25. The second-order valence-electron chi connectivity index (χ2n) is 9.01. The van der Waals surface area contributed by atoms with E-state index in [1.54, 1.807) is 42.5 Å². The van der Waals surface area contributed by atoms with Crippen molar-refractivity contribution in [2.45, 2.75) is 4.90 Å². The Morgan fingerprint density at radius 3 is 2.10 bits per heavy atom. The van der Waals surface area contributed by atoms with Gasteiger partial charge in [0.05, 0.1) is 11.4 Å². The zero-order valence-electron chi connectivity index (χ0n) is 22.3. The number of hydrogen-bond donors (Lipinski definition) is 3. The minimum absolute atomic E-state index is 0.114. The Kier molecular flexibility index (Phi) is 9.56. The Balaban J connectivity index is 1.17. The normalized spacial score (nSPS) is 11.0. The lowest BCUT2D eigenvalue weighted by atomic mass is 10.1. The fourth-order valence-corrected chi connectivity index (χ4v) is 5.30. The first-order chi connectivity index (χ1) is 20.5. The monoisotopic (exact) mass is 590 g/mol. The van der Waals surface area contributed by atoms with Crippen LogP contribution in [0.3, 0.4) is 0 Å². The number of benzene rings is 4. The van der Waals surface area contributed by atoms with Crippen LogP contribution in [-0.2, 0) is 9.59 Å². The molecule has 5 aromatic rings. The molecule has 0 aliphatic heterocycles. The molecular weight excluding hydrogens is 565 g/mol. The van der Waals surface area contributed by atoms with Crippen molar-refractivity contribution in [2.75, 3.05) is 16.4 Å². The van der Waals surface area contributed by atoms with Gasteiger partial charge in [-0.05, 0) is 48.0 Å². The summed E-state index contributed by atoms with van der Waals surface area (Å²) in [5.74, 6) is -0.786. The van der Waals surface area contributed by atoms with Crippen LogP contribution in [-0.4, -0.2) is 28.5 Å². The molecule has 0 saturated heterocycles. The maximum atomic E-state index is 13.2. The Morgan fingerprint density at radius 2 is 1.40 bits per heavy atom. The molecule has 0 bridgehead atoms. The van der Waals surface area contributed by atoms with E-state index in [9.17, 15) is 14.4 Å². The quantitative estimate of drug-likeness (QED) is 0.121. The van der Waals surface area contributed by atoms with E-state index in [-0.39, 0.29) is 23.3 Å². The fourth-order valence-electron chi connectivity index (χ4n) is 3.87. The number of nitrogens with zero attached hydrogens (tertiary/aromatic N) is 1. The van der Waals surface area contributed by atoms with Crippen LogP contribution >= 0.6 is 23.1 Å². The summed E-state index contributed by atoms with van der Waals surface area (Å²) >= 11 is 2.76. The standard InChI is InChI=1S/C33H26N4O3S2/c38-30(37-33-36-29(21-42-33)24-12-6-2-7-13-24)22-41-27-18-16-26(17-19-27)34-32(40)28(20-23-10-4-1-5-11-23)35-31(39)25-14-8-3-9-15-25/h1-21H,22H2,(H,34,40)(H,35,39)(H,36,37,38)/b28-20-. The number of nitrogens with one attached hydrogen (secondary N) is 3. The molecule has 0 unspecified atom stereocenters. The minimum atomic E-state index is -0.457. The average molecular weight is 591 g/mol. The number of amides is 3. The third-order valence-corrected chi connectivity index (χ3v) is 7.71. The van der Waals surface area contributed by atoms with Crippen molar-refractivity contribution in [2.24, 2.45) is 0 Å². The zero-order valence-corrected chi connectivity index (χ0v) is 24.0. The topological polar surface area (TPSA) is 100 Å². The van der Waals surface area contributed by atoms with Crippen molar-refractivity contribution in [3.8, 4) is 11.3 Å². The summed E-state index contributed by atoms with van der Waals surface area (Å²) in [6.07, 6.45) is 1.63. The molecule has 0 fully saturated rings. The molecule has 9 heteroatoms. The van der Waals surface area contributed by atoms with Gasteiger partial charge in [-0.3, -0.25) is 14.4 Å². The minimum Gasteiger partial charge on any atom is -0.321 e. The van der Waals surface area contributed by atoms with Crippen LogP contribution in [0.2, 0.25) is 0 Å². The summed E-state index contributed by atoms with van der Waals surface area (Å²) in [6.45, 7) is 0. The summed E-state index contributed by atoms with van der Waals surface area (Å²) < 4.78 is 0. The first kappa shape index (κ1) is 28.5. The zero-order chi connectivity index (χ0) is 29.1. The van der Waals surface area contributed by atoms with Crippen molar-refractivity contribution in [3.63, 3.8) is 0 Å². The highest BCUT2D eigenvalue weighted by molar-refractivity contribution is 8.00. The number of anilines is 2. The predicted octanol–water partition coefficient (Wildman–Crippen LogP) is 6.95. The van der Waals surface area contributed by atoms with E-state index in [0.717, 1.165) is 21.7 Å². The molecule has 42 heavy (non-hydrogen) atoms. The van der Waals surface area contributed by atoms with Gasteiger partial charge in [-0.1, -0.05) is 78.9 Å². The van der Waals surface area contributed by atoms with Gasteiger partial charge in [0.25, 0.3) is 11.8 Å². The molecule has 5 rings (SSSR count). The summed E-state index contributed by atoms with van der Waals surface area (Å²) in [5.41, 5.74) is 3.71. The first-order valence-corrected chi connectivity index (χ1v) is 14.9. The van der Waals surface area contributed by atoms with Gasteiger partial charge in [0.1, 0.15) is 5.70 Å². The van der Waals surface area contributed by atoms with Crippen LogP contribution in [0.1, 0.15) is 15.9 Å². The molecule has 0 atom stereocenters. The molecule has 3 amide bonds. The Hall–Kier alpha value is -4.99. The molecular formula is C33H26N4O3S2. The van der Waals surface area contributed by atoms with E-state index >= 15 is 0 Å². The van der Waals surface area contributed by atoms with Crippen molar-refractivity contribution in [3.05, 3.63) is 137 Å². The number of thioether (sulfide) groups is 1. The lowest BCUT2D eigenvalue weighted by Crippen LogP contribution is -2.30. The molecule has 1 aromatic heterocycles. The Morgan fingerprint density at radius 1 is 0.762 bits per heavy atom. The third-order valence-electron chi connectivity index (χ3n) is 5.94. The van der Waals surface area contributed by atoms with E-state index in [1.165, 1.54) is 23.1 Å². The largest absolute Gasteiger partial charge is 0.321 e. The lowest BCUT2D eigenvalue weighted by molar-refractivity contribution is -0.114. The van der Waals surface area contributed by atoms with Gasteiger partial charge in [0.15, 0.2) is 5.13 Å². The summed E-state index contributed by atoms with van der Waals surface area (Å²) in [4.78, 5) is 43.8. The fraction of sp³-hybridized carbons (Fsp3) is 0.0303. The molecule has 1 heterocycles. The summed E-state index contributed by atoms with van der Waals surface area (Å²) in [7, 11) is 0. The molecule has 208 valence electrons. The van der Waals surface area contributed by atoms with Gasteiger partial charge >= 0.3 is 0 Å². The molecule has 0 aliphatic carbocycles. The van der Waals surface area contributed by atoms with E-state index in [0.29, 0.717) is 16.4 Å². The van der Waals surface area contributed by atoms with Gasteiger partial charge in [-0.2, -0.15) is 0 Å². The summed E-state index contributed by atoms with van der Waals surface area (Å²) in [5, 5.41) is 10.9. The molecule has 0 radical (unpaired) electrons. The predicted molar refractivity (Wildman–Crippen MR) is 170 cm³/mol. The van der Waals surface area contributed by atoms with Crippen molar-refractivity contribution in [1.29, 1.82) is 0 Å². The van der Waals surface area contributed by atoms with Gasteiger partial charge in [0.2, 0.25) is 5.91 Å². The molecule has 3 N–H and O–H groups in total. The number of aromatic nitrogens is 1. The average Bonchev–Trinajstić information content (AvgIpc) is 3.50. The lowest BCUT2D eigenvalue weighted by Gasteiger charge is -2.12. The SMILES string of the molecule is O=C(CSc1ccc(NC(=O)/C(=C/c2ccccc2)NC(=O)c2ccccc2)cc1)Nc1nc(-c2ccccc2)cs1. The molecule has 0 saturated carbocycles. The highest BCUT2D eigenvalue weighted by Gasteiger charge is 2.15. The third kappa shape index (κ3) is 8.03. The van der Waals surface area contributed by atoms with Gasteiger partial charge < -0.3 is 16.0 Å². The van der Waals surface area contributed by atoms with Crippen LogP contribution in [0, 0.1) is 0 Å².